The van der Waals surface area contributed by atoms with Gasteiger partial charge in [-0.05, 0) is 38.1 Å². The first-order chi connectivity index (χ1) is 11.1. The summed E-state index contributed by atoms with van der Waals surface area (Å²) in [5.74, 6) is -0.659. The SMILES string of the molecule is COCCOc1ccc(NC(=O)C2(OC)CCNCC2)cc1F. The lowest BCUT2D eigenvalue weighted by atomic mass is 9.91. The van der Waals surface area contributed by atoms with Crippen molar-refractivity contribution in [3.8, 4) is 5.75 Å². The fraction of sp³-hybridized carbons (Fsp3) is 0.562. The number of anilines is 1. The Morgan fingerprint density at radius 3 is 2.65 bits per heavy atom. The Balaban J connectivity index is 2.01. The number of carbonyl (C=O) groups excluding carboxylic acids is 1. The standard InChI is InChI=1S/C16H23FN2O4/c1-21-9-10-23-14-4-3-12(11-13(14)17)19-15(20)16(22-2)5-7-18-8-6-16/h3-4,11,18H,5-10H2,1-2H3,(H,19,20). The predicted molar refractivity (Wildman–Crippen MR) is 84.2 cm³/mol. The number of rotatable bonds is 7. The fourth-order valence-electron chi connectivity index (χ4n) is 2.53. The maximum Gasteiger partial charge on any atom is 0.256 e. The molecule has 1 amide bonds. The second-order valence-electron chi connectivity index (χ2n) is 5.39. The van der Waals surface area contributed by atoms with Crippen LogP contribution in [0.5, 0.6) is 5.75 Å². The maximum atomic E-state index is 14.0. The molecule has 128 valence electrons. The van der Waals surface area contributed by atoms with Crippen molar-refractivity contribution in [1.82, 2.24) is 5.32 Å². The molecular weight excluding hydrogens is 303 g/mol. The highest BCUT2D eigenvalue weighted by Crippen LogP contribution is 2.26. The maximum absolute atomic E-state index is 14.0. The van der Waals surface area contributed by atoms with E-state index in [9.17, 15) is 9.18 Å². The number of hydrogen-bond acceptors (Lipinski definition) is 5. The van der Waals surface area contributed by atoms with Gasteiger partial charge in [0.15, 0.2) is 11.6 Å². The van der Waals surface area contributed by atoms with E-state index in [2.05, 4.69) is 10.6 Å². The third kappa shape index (κ3) is 4.40. The minimum absolute atomic E-state index is 0.128. The first-order valence-corrected chi connectivity index (χ1v) is 7.60. The van der Waals surface area contributed by atoms with Crippen LogP contribution in [0.3, 0.4) is 0 Å². The highest BCUT2D eigenvalue weighted by molar-refractivity contribution is 5.97. The van der Waals surface area contributed by atoms with Gasteiger partial charge in [-0.2, -0.15) is 0 Å². The zero-order valence-corrected chi connectivity index (χ0v) is 13.5. The molecule has 0 saturated carbocycles. The molecule has 2 rings (SSSR count). The van der Waals surface area contributed by atoms with Crippen molar-refractivity contribution in [2.45, 2.75) is 18.4 Å². The summed E-state index contributed by atoms with van der Waals surface area (Å²) in [6.45, 7) is 2.06. The highest BCUT2D eigenvalue weighted by Gasteiger charge is 2.39. The summed E-state index contributed by atoms with van der Waals surface area (Å²) in [4.78, 5) is 12.5. The fourth-order valence-corrected chi connectivity index (χ4v) is 2.53. The minimum Gasteiger partial charge on any atom is -0.488 e. The molecule has 0 spiro atoms. The van der Waals surface area contributed by atoms with Crippen LogP contribution in [0.4, 0.5) is 10.1 Å². The molecule has 1 aliphatic rings. The molecule has 0 aliphatic carbocycles. The molecule has 1 aromatic carbocycles. The lowest BCUT2D eigenvalue weighted by molar-refractivity contribution is -0.140. The van der Waals surface area contributed by atoms with E-state index in [1.165, 1.54) is 19.2 Å². The van der Waals surface area contributed by atoms with Gasteiger partial charge in [-0.15, -0.1) is 0 Å². The molecule has 0 unspecified atom stereocenters. The summed E-state index contributed by atoms with van der Waals surface area (Å²) in [5, 5.41) is 5.91. The number of benzene rings is 1. The second-order valence-corrected chi connectivity index (χ2v) is 5.39. The Morgan fingerprint density at radius 1 is 1.30 bits per heavy atom. The van der Waals surface area contributed by atoms with Crippen molar-refractivity contribution in [1.29, 1.82) is 0 Å². The zero-order chi connectivity index (χ0) is 16.7. The van der Waals surface area contributed by atoms with Crippen LogP contribution >= 0.6 is 0 Å². The summed E-state index contributed by atoms with van der Waals surface area (Å²) >= 11 is 0. The summed E-state index contributed by atoms with van der Waals surface area (Å²) in [5.41, 5.74) is -0.489. The van der Waals surface area contributed by atoms with Crippen LogP contribution in [0.1, 0.15) is 12.8 Å². The van der Waals surface area contributed by atoms with Crippen molar-refractivity contribution >= 4 is 11.6 Å². The Labute approximate surface area is 135 Å². The number of amides is 1. The van der Waals surface area contributed by atoms with Gasteiger partial charge in [0, 0.05) is 26.0 Å². The first-order valence-electron chi connectivity index (χ1n) is 7.60. The predicted octanol–water partition coefficient (Wildman–Crippen LogP) is 1.56. The number of halogens is 1. The van der Waals surface area contributed by atoms with E-state index >= 15 is 0 Å². The van der Waals surface area contributed by atoms with E-state index in [-0.39, 0.29) is 18.3 Å². The van der Waals surface area contributed by atoms with E-state index in [1.54, 1.807) is 13.2 Å². The van der Waals surface area contributed by atoms with Gasteiger partial charge in [-0.25, -0.2) is 4.39 Å². The number of carbonyl (C=O) groups is 1. The van der Waals surface area contributed by atoms with Crippen molar-refractivity contribution in [2.75, 3.05) is 45.8 Å². The average molecular weight is 326 g/mol. The lowest BCUT2D eigenvalue weighted by Gasteiger charge is -2.34. The summed E-state index contributed by atoms with van der Waals surface area (Å²) in [6, 6.07) is 4.33. The summed E-state index contributed by atoms with van der Waals surface area (Å²) in [7, 11) is 3.07. The van der Waals surface area contributed by atoms with Crippen LogP contribution < -0.4 is 15.4 Å². The topological polar surface area (TPSA) is 68.8 Å². The van der Waals surface area contributed by atoms with Crippen LogP contribution in [-0.4, -0.2) is 52.0 Å². The molecule has 2 N–H and O–H groups in total. The number of ether oxygens (including phenoxy) is 3. The molecule has 1 aromatic rings. The Kier molecular flexibility index (Phi) is 6.32. The molecule has 1 heterocycles. The normalized spacial score (nSPS) is 16.8. The molecule has 1 aliphatic heterocycles. The molecule has 7 heteroatoms. The van der Waals surface area contributed by atoms with Gasteiger partial charge in [0.2, 0.25) is 0 Å². The van der Waals surface area contributed by atoms with E-state index in [4.69, 9.17) is 14.2 Å². The van der Waals surface area contributed by atoms with Gasteiger partial charge >= 0.3 is 0 Å². The lowest BCUT2D eigenvalue weighted by Crippen LogP contribution is -2.51. The average Bonchev–Trinajstić information content (AvgIpc) is 2.57. The van der Waals surface area contributed by atoms with Gasteiger partial charge < -0.3 is 24.8 Å². The van der Waals surface area contributed by atoms with Gasteiger partial charge in [-0.1, -0.05) is 0 Å². The molecule has 1 saturated heterocycles. The molecular formula is C16H23FN2O4. The van der Waals surface area contributed by atoms with Crippen LogP contribution in [0.25, 0.3) is 0 Å². The Bertz CT molecular complexity index is 533. The van der Waals surface area contributed by atoms with E-state index in [0.29, 0.717) is 38.2 Å². The van der Waals surface area contributed by atoms with E-state index in [1.807, 2.05) is 0 Å². The molecule has 0 atom stereocenters. The molecule has 0 aromatic heterocycles. The third-order valence-electron chi connectivity index (χ3n) is 3.95. The first kappa shape index (κ1) is 17.7. The number of hydrogen-bond donors (Lipinski definition) is 2. The van der Waals surface area contributed by atoms with Gasteiger partial charge in [0.1, 0.15) is 12.2 Å². The zero-order valence-electron chi connectivity index (χ0n) is 13.5. The van der Waals surface area contributed by atoms with Gasteiger partial charge in [0.25, 0.3) is 5.91 Å². The van der Waals surface area contributed by atoms with Crippen LogP contribution in [-0.2, 0) is 14.3 Å². The molecule has 1 fully saturated rings. The third-order valence-corrected chi connectivity index (χ3v) is 3.95. The van der Waals surface area contributed by atoms with Crippen molar-refractivity contribution in [3.05, 3.63) is 24.0 Å². The van der Waals surface area contributed by atoms with Crippen molar-refractivity contribution < 1.29 is 23.4 Å². The van der Waals surface area contributed by atoms with Crippen LogP contribution in [0.15, 0.2) is 18.2 Å². The molecule has 0 bridgehead atoms. The monoisotopic (exact) mass is 326 g/mol. The van der Waals surface area contributed by atoms with E-state index in [0.717, 1.165) is 0 Å². The molecule has 0 radical (unpaired) electrons. The highest BCUT2D eigenvalue weighted by atomic mass is 19.1. The van der Waals surface area contributed by atoms with E-state index < -0.39 is 11.4 Å². The minimum atomic E-state index is -0.866. The van der Waals surface area contributed by atoms with Gasteiger partial charge in [0.05, 0.1) is 6.61 Å². The van der Waals surface area contributed by atoms with Gasteiger partial charge in [-0.3, -0.25) is 4.79 Å². The molecule has 6 nitrogen and oxygen atoms in total. The quantitative estimate of drug-likeness (QED) is 0.744. The smallest absolute Gasteiger partial charge is 0.256 e. The molecule has 23 heavy (non-hydrogen) atoms. The summed E-state index contributed by atoms with van der Waals surface area (Å²) in [6.07, 6.45) is 1.16. The Hall–Kier alpha value is -1.70. The second kappa shape index (κ2) is 8.24. The number of nitrogens with one attached hydrogen (secondary N) is 2. The van der Waals surface area contributed by atoms with Crippen LogP contribution in [0, 0.1) is 5.82 Å². The summed E-state index contributed by atoms with van der Waals surface area (Å²) < 4.78 is 29.5. The largest absolute Gasteiger partial charge is 0.488 e. The van der Waals surface area contributed by atoms with Crippen molar-refractivity contribution in [3.63, 3.8) is 0 Å². The van der Waals surface area contributed by atoms with Crippen LogP contribution in [0.2, 0.25) is 0 Å². The number of piperidine rings is 1. The Morgan fingerprint density at radius 2 is 2.04 bits per heavy atom. The van der Waals surface area contributed by atoms with Crippen molar-refractivity contribution in [2.24, 2.45) is 0 Å². The number of methoxy groups -OCH3 is 2.